The van der Waals surface area contributed by atoms with Crippen LogP contribution in [0.4, 0.5) is 4.79 Å². The molecule has 0 bridgehead atoms. The molecule has 0 heterocycles. The van der Waals surface area contributed by atoms with Crippen molar-refractivity contribution in [1.29, 1.82) is 0 Å². The van der Waals surface area contributed by atoms with Gasteiger partial charge in [-0.05, 0) is 48.6 Å². The summed E-state index contributed by atoms with van der Waals surface area (Å²) in [4.78, 5) is 11.7. The number of amides is 1. The third-order valence-electron chi connectivity index (χ3n) is 3.50. The molecule has 1 fully saturated rings. The van der Waals surface area contributed by atoms with E-state index in [1.54, 1.807) is 12.1 Å². The Morgan fingerprint density at radius 1 is 1.00 bits per heavy atom. The van der Waals surface area contributed by atoms with E-state index >= 15 is 0 Å². The van der Waals surface area contributed by atoms with Crippen LogP contribution >= 0.6 is 0 Å². The number of para-hydroxylation sites is 1. The fourth-order valence-corrected chi connectivity index (χ4v) is 2.01. The fraction of sp³-hybridized carbons (Fsp3) is 0.278. The lowest BCUT2D eigenvalue weighted by Gasteiger charge is -2.08. The molecule has 114 valence electrons. The summed E-state index contributed by atoms with van der Waals surface area (Å²) < 4.78 is 10.8. The van der Waals surface area contributed by atoms with Crippen LogP contribution in [0.25, 0.3) is 0 Å². The van der Waals surface area contributed by atoms with Crippen molar-refractivity contribution in [2.45, 2.75) is 19.4 Å². The molecule has 1 amide bonds. The predicted octanol–water partition coefficient (Wildman–Crippen LogP) is 3.76. The van der Waals surface area contributed by atoms with Crippen LogP contribution < -0.4 is 14.8 Å². The van der Waals surface area contributed by atoms with Crippen molar-refractivity contribution in [1.82, 2.24) is 5.32 Å². The molecule has 3 rings (SSSR count). The van der Waals surface area contributed by atoms with E-state index in [2.05, 4.69) is 5.32 Å². The molecular weight excluding hydrogens is 278 g/mol. The van der Waals surface area contributed by atoms with Gasteiger partial charge in [-0.3, -0.25) is 0 Å². The number of ether oxygens (including phenoxy) is 2. The maximum atomic E-state index is 11.7. The number of nitrogens with one attached hydrogen (secondary N) is 1. The van der Waals surface area contributed by atoms with Gasteiger partial charge in [0.15, 0.2) is 0 Å². The van der Waals surface area contributed by atoms with Gasteiger partial charge in [-0.25, -0.2) is 4.79 Å². The van der Waals surface area contributed by atoms with Crippen LogP contribution in [0.3, 0.4) is 0 Å². The van der Waals surface area contributed by atoms with E-state index in [1.807, 2.05) is 42.5 Å². The molecule has 0 spiro atoms. The summed E-state index contributed by atoms with van der Waals surface area (Å²) in [6.45, 7) is 1.23. The molecule has 22 heavy (non-hydrogen) atoms. The highest BCUT2D eigenvalue weighted by Gasteiger charge is 2.21. The Balaban J connectivity index is 1.43. The predicted molar refractivity (Wildman–Crippen MR) is 84.0 cm³/mol. The number of benzene rings is 2. The SMILES string of the molecule is O=C(NCc1ccc(OCC2CC2)cc1)Oc1ccccc1. The maximum Gasteiger partial charge on any atom is 0.412 e. The van der Waals surface area contributed by atoms with Gasteiger partial charge in [-0.1, -0.05) is 30.3 Å². The van der Waals surface area contributed by atoms with Gasteiger partial charge in [-0.2, -0.15) is 0 Å². The molecule has 1 aliphatic rings. The summed E-state index contributed by atoms with van der Waals surface area (Å²) in [5, 5.41) is 2.73. The average molecular weight is 297 g/mol. The molecule has 0 aliphatic heterocycles. The van der Waals surface area contributed by atoms with Crippen molar-refractivity contribution in [2.24, 2.45) is 5.92 Å². The molecule has 0 radical (unpaired) electrons. The summed E-state index contributed by atoms with van der Waals surface area (Å²) in [6.07, 6.45) is 2.11. The molecule has 0 atom stereocenters. The number of hydrogen-bond acceptors (Lipinski definition) is 3. The topological polar surface area (TPSA) is 47.6 Å². The highest BCUT2D eigenvalue weighted by Crippen LogP contribution is 2.29. The summed E-state index contributed by atoms with van der Waals surface area (Å²) in [5.74, 6) is 2.15. The molecule has 0 unspecified atom stereocenters. The molecule has 1 N–H and O–H groups in total. The molecule has 2 aromatic carbocycles. The van der Waals surface area contributed by atoms with Gasteiger partial charge in [0.25, 0.3) is 0 Å². The normalized spacial score (nSPS) is 13.5. The monoisotopic (exact) mass is 297 g/mol. The van der Waals surface area contributed by atoms with E-state index in [0.29, 0.717) is 12.3 Å². The number of carbonyl (C=O) groups is 1. The average Bonchev–Trinajstić information content (AvgIpc) is 3.37. The van der Waals surface area contributed by atoms with Crippen LogP contribution in [-0.4, -0.2) is 12.7 Å². The van der Waals surface area contributed by atoms with E-state index in [0.717, 1.165) is 23.8 Å². The van der Waals surface area contributed by atoms with Crippen LogP contribution in [0.5, 0.6) is 11.5 Å². The lowest BCUT2D eigenvalue weighted by molar-refractivity contribution is 0.200. The fourth-order valence-electron chi connectivity index (χ4n) is 2.01. The molecule has 1 saturated carbocycles. The Labute approximate surface area is 130 Å². The van der Waals surface area contributed by atoms with Crippen LogP contribution in [0.2, 0.25) is 0 Å². The second kappa shape index (κ2) is 6.98. The molecule has 0 saturated heterocycles. The van der Waals surface area contributed by atoms with E-state index in [1.165, 1.54) is 12.8 Å². The lowest BCUT2D eigenvalue weighted by atomic mass is 10.2. The lowest BCUT2D eigenvalue weighted by Crippen LogP contribution is -2.26. The van der Waals surface area contributed by atoms with Crippen LogP contribution in [0.15, 0.2) is 54.6 Å². The van der Waals surface area contributed by atoms with Crippen LogP contribution in [0.1, 0.15) is 18.4 Å². The zero-order chi connectivity index (χ0) is 15.2. The Morgan fingerprint density at radius 2 is 1.73 bits per heavy atom. The second-order valence-corrected chi connectivity index (χ2v) is 5.45. The quantitative estimate of drug-likeness (QED) is 0.883. The van der Waals surface area contributed by atoms with Crippen molar-refractivity contribution >= 4 is 6.09 Å². The highest BCUT2D eigenvalue weighted by atomic mass is 16.6. The summed E-state index contributed by atoms with van der Waals surface area (Å²) in [5.41, 5.74) is 1.00. The van der Waals surface area contributed by atoms with Gasteiger partial charge >= 0.3 is 6.09 Å². The van der Waals surface area contributed by atoms with Crippen molar-refractivity contribution in [3.05, 3.63) is 60.2 Å². The molecule has 4 heteroatoms. The molecular formula is C18H19NO3. The minimum Gasteiger partial charge on any atom is -0.493 e. The Kier molecular flexibility index (Phi) is 4.59. The minimum atomic E-state index is -0.458. The second-order valence-electron chi connectivity index (χ2n) is 5.45. The van der Waals surface area contributed by atoms with Gasteiger partial charge in [-0.15, -0.1) is 0 Å². The standard InChI is InChI=1S/C18H19NO3/c20-18(22-17-4-2-1-3-5-17)19-12-14-8-10-16(11-9-14)21-13-15-6-7-15/h1-5,8-11,15H,6-7,12-13H2,(H,19,20). The third-order valence-corrected chi connectivity index (χ3v) is 3.50. The first-order valence-corrected chi connectivity index (χ1v) is 7.52. The van der Waals surface area contributed by atoms with Crippen molar-refractivity contribution in [2.75, 3.05) is 6.61 Å². The van der Waals surface area contributed by atoms with Gasteiger partial charge < -0.3 is 14.8 Å². The largest absolute Gasteiger partial charge is 0.493 e. The van der Waals surface area contributed by atoms with E-state index in [4.69, 9.17) is 9.47 Å². The molecule has 1 aliphatic carbocycles. The minimum absolute atomic E-state index is 0.425. The molecule has 4 nitrogen and oxygen atoms in total. The number of rotatable bonds is 6. The third kappa shape index (κ3) is 4.52. The molecule has 2 aromatic rings. The first kappa shape index (κ1) is 14.4. The maximum absolute atomic E-state index is 11.7. The smallest absolute Gasteiger partial charge is 0.412 e. The van der Waals surface area contributed by atoms with E-state index in [-0.39, 0.29) is 0 Å². The number of hydrogen-bond donors (Lipinski definition) is 1. The van der Waals surface area contributed by atoms with E-state index < -0.39 is 6.09 Å². The van der Waals surface area contributed by atoms with Gasteiger partial charge in [0.2, 0.25) is 0 Å². The molecule has 0 aromatic heterocycles. The number of carbonyl (C=O) groups excluding carboxylic acids is 1. The highest BCUT2D eigenvalue weighted by molar-refractivity contribution is 5.70. The van der Waals surface area contributed by atoms with Gasteiger partial charge in [0.1, 0.15) is 11.5 Å². The van der Waals surface area contributed by atoms with Crippen molar-refractivity contribution in [3.8, 4) is 11.5 Å². The summed E-state index contributed by atoms with van der Waals surface area (Å²) in [6, 6.07) is 16.8. The van der Waals surface area contributed by atoms with Gasteiger partial charge in [0.05, 0.1) is 6.61 Å². The zero-order valence-corrected chi connectivity index (χ0v) is 12.3. The first-order chi connectivity index (χ1) is 10.8. The van der Waals surface area contributed by atoms with Crippen LogP contribution in [-0.2, 0) is 6.54 Å². The Bertz CT molecular complexity index is 606. The zero-order valence-electron chi connectivity index (χ0n) is 12.3. The van der Waals surface area contributed by atoms with E-state index in [9.17, 15) is 4.79 Å². The first-order valence-electron chi connectivity index (χ1n) is 7.52. The van der Waals surface area contributed by atoms with Crippen LogP contribution in [0, 0.1) is 5.92 Å². The van der Waals surface area contributed by atoms with Gasteiger partial charge in [0, 0.05) is 6.54 Å². The summed E-state index contributed by atoms with van der Waals surface area (Å²) >= 11 is 0. The Hall–Kier alpha value is -2.49. The van der Waals surface area contributed by atoms with Crippen molar-refractivity contribution < 1.29 is 14.3 Å². The Morgan fingerprint density at radius 3 is 2.41 bits per heavy atom. The van der Waals surface area contributed by atoms with Crippen molar-refractivity contribution in [3.63, 3.8) is 0 Å². The summed E-state index contributed by atoms with van der Waals surface area (Å²) in [7, 11) is 0.